The van der Waals surface area contributed by atoms with Gasteiger partial charge in [-0.3, -0.25) is 0 Å². The lowest BCUT2D eigenvalue weighted by molar-refractivity contribution is 0.714. The molecule has 0 aliphatic heterocycles. The molecule has 0 saturated carbocycles. The van der Waals surface area contributed by atoms with E-state index in [0.29, 0.717) is 17.5 Å². The molecule has 1 aliphatic rings. The fraction of sp³-hybridized carbons (Fsp3) is 0.0377. The van der Waals surface area contributed by atoms with E-state index in [2.05, 4.69) is 175 Å². The summed E-state index contributed by atoms with van der Waals surface area (Å²) < 4.78 is 2.37. The predicted octanol–water partition coefficient (Wildman–Crippen LogP) is 13.0. The highest BCUT2D eigenvalue weighted by atomic mass is 15.0. The monoisotopic (exact) mass is 728 g/mol. The molecule has 1 aliphatic carbocycles. The minimum absolute atomic E-state index is 0.428. The number of hydrogen-bond acceptors (Lipinski definition) is 3. The highest BCUT2D eigenvalue weighted by Crippen LogP contribution is 2.55. The van der Waals surface area contributed by atoms with Crippen LogP contribution in [0.2, 0.25) is 0 Å². The molecule has 11 rings (SSSR count). The second-order valence-corrected chi connectivity index (χ2v) is 14.9. The number of rotatable bonds is 6. The van der Waals surface area contributed by atoms with Crippen molar-refractivity contribution < 1.29 is 0 Å². The van der Waals surface area contributed by atoms with E-state index in [0.717, 1.165) is 27.9 Å². The quantitative estimate of drug-likeness (QED) is 0.171. The smallest absolute Gasteiger partial charge is 0.164 e. The fourth-order valence-corrected chi connectivity index (χ4v) is 8.97. The molecular weight excluding hydrogens is 693 g/mol. The molecule has 57 heavy (non-hydrogen) atoms. The van der Waals surface area contributed by atoms with Gasteiger partial charge in [0.25, 0.3) is 0 Å². The third-order valence-electron chi connectivity index (χ3n) is 11.7. The van der Waals surface area contributed by atoms with Crippen LogP contribution in [0.5, 0.6) is 0 Å². The maximum absolute atomic E-state index is 5.19. The van der Waals surface area contributed by atoms with Crippen LogP contribution in [-0.4, -0.2) is 19.5 Å². The van der Waals surface area contributed by atoms with Crippen LogP contribution in [0.1, 0.15) is 23.6 Å². The average molecular weight is 729 g/mol. The number of benzene rings is 8. The van der Waals surface area contributed by atoms with Crippen LogP contribution in [0.4, 0.5) is 0 Å². The first-order valence-corrected chi connectivity index (χ1v) is 19.5. The Morgan fingerprint density at radius 1 is 0.386 bits per heavy atom. The standard InChI is InChI=1S/C53H36N4/c1-53(39-21-10-4-11-22-39)45-27-16-26-43(52-55-50(35-17-6-2-7-18-35)54-51(56-52)36-19-8-3-9-20-36)49(45)42-31-29-38(34-46(42)53)37-30-32-48-44(33-37)41-25-14-15-28-47(41)57(48)40-23-12-5-13-24-40/h2-34H,1H3. The maximum Gasteiger partial charge on any atom is 0.164 e. The molecule has 0 fully saturated rings. The van der Waals surface area contributed by atoms with Gasteiger partial charge in [0.05, 0.1) is 11.0 Å². The summed E-state index contributed by atoms with van der Waals surface area (Å²) in [5.41, 5.74) is 14.5. The molecule has 0 radical (unpaired) electrons. The second-order valence-electron chi connectivity index (χ2n) is 14.9. The first kappa shape index (κ1) is 33.0. The molecule has 0 saturated heterocycles. The third kappa shape index (κ3) is 5.26. The topological polar surface area (TPSA) is 43.6 Å². The highest BCUT2D eigenvalue weighted by Gasteiger charge is 2.42. The van der Waals surface area contributed by atoms with E-state index in [9.17, 15) is 0 Å². The van der Waals surface area contributed by atoms with Gasteiger partial charge in [0, 0.05) is 38.6 Å². The Hall–Kier alpha value is -7.43. The van der Waals surface area contributed by atoms with Crippen molar-refractivity contribution in [3.05, 3.63) is 217 Å². The Morgan fingerprint density at radius 3 is 1.65 bits per heavy atom. The molecule has 0 N–H and O–H groups in total. The minimum atomic E-state index is -0.428. The van der Waals surface area contributed by atoms with Gasteiger partial charge in [-0.05, 0) is 82.3 Å². The van der Waals surface area contributed by atoms with Gasteiger partial charge < -0.3 is 4.57 Å². The molecule has 0 bridgehead atoms. The third-order valence-corrected chi connectivity index (χ3v) is 11.7. The van der Waals surface area contributed by atoms with E-state index in [1.165, 1.54) is 55.2 Å². The van der Waals surface area contributed by atoms with Crippen LogP contribution < -0.4 is 0 Å². The zero-order valence-corrected chi connectivity index (χ0v) is 31.3. The van der Waals surface area contributed by atoms with Crippen LogP contribution >= 0.6 is 0 Å². The number of nitrogens with zero attached hydrogens (tertiary/aromatic N) is 4. The van der Waals surface area contributed by atoms with Crippen molar-refractivity contribution in [3.63, 3.8) is 0 Å². The van der Waals surface area contributed by atoms with Crippen LogP contribution in [0.25, 0.3) is 83.9 Å². The average Bonchev–Trinajstić information content (AvgIpc) is 3.76. The zero-order valence-electron chi connectivity index (χ0n) is 31.3. The van der Waals surface area contributed by atoms with Crippen molar-refractivity contribution in [2.45, 2.75) is 12.3 Å². The lowest BCUT2D eigenvalue weighted by atomic mass is 9.73. The van der Waals surface area contributed by atoms with Gasteiger partial charge in [0.1, 0.15) is 0 Å². The molecule has 0 spiro atoms. The van der Waals surface area contributed by atoms with Crippen LogP contribution in [0.3, 0.4) is 0 Å². The van der Waals surface area contributed by atoms with Gasteiger partial charge in [-0.2, -0.15) is 0 Å². The Balaban J connectivity index is 1.12. The van der Waals surface area contributed by atoms with Gasteiger partial charge in [-0.25, -0.2) is 15.0 Å². The number of fused-ring (bicyclic) bond motifs is 6. The van der Waals surface area contributed by atoms with E-state index >= 15 is 0 Å². The first-order valence-electron chi connectivity index (χ1n) is 19.5. The summed E-state index contributed by atoms with van der Waals surface area (Å²) in [6, 6.07) is 71.2. The van der Waals surface area contributed by atoms with E-state index in [1.54, 1.807) is 0 Å². The lowest BCUT2D eigenvalue weighted by Gasteiger charge is -2.28. The molecular formula is C53H36N4. The van der Waals surface area contributed by atoms with Gasteiger partial charge in [-0.1, -0.05) is 164 Å². The minimum Gasteiger partial charge on any atom is -0.309 e. The summed E-state index contributed by atoms with van der Waals surface area (Å²) in [6.45, 7) is 2.37. The first-order chi connectivity index (χ1) is 28.1. The van der Waals surface area contributed by atoms with Gasteiger partial charge >= 0.3 is 0 Å². The van der Waals surface area contributed by atoms with Crippen molar-refractivity contribution >= 4 is 21.8 Å². The predicted molar refractivity (Wildman–Crippen MR) is 233 cm³/mol. The van der Waals surface area contributed by atoms with Crippen molar-refractivity contribution in [1.82, 2.24) is 19.5 Å². The lowest BCUT2D eigenvalue weighted by Crippen LogP contribution is -2.22. The number of para-hydroxylation sites is 2. The molecule has 4 nitrogen and oxygen atoms in total. The van der Waals surface area contributed by atoms with Gasteiger partial charge in [0.15, 0.2) is 17.5 Å². The molecule has 10 aromatic rings. The van der Waals surface area contributed by atoms with Gasteiger partial charge in [0.2, 0.25) is 0 Å². The van der Waals surface area contributed by atoms with Crippen molar-refractivity contribution in [2.24, 2.45) is 0 Å². The second kappa shape index (κ2) is 13.1. The molecule has 1 atom stereocenters. The summed E-state index contributed by atoms with van der Waals surface area (Å²) in [5.74, 6) is 1.97. The maximum atomic E-state index is 5.19. The summed E-state index contributed by atoms with van der Waals surface area (Å²) in [7, 11) is 0. The van der Waals surface area contributed by atoms with E-state index in [4.69, 9.17) is 15.0 Å². The summed E-state index contributed by atoms with van der Waals surface area (Å²) >= 11 is 0. The molecule has 2 aromatic heterocycles. The molecule has 8 aromatic carbocycles. The fourth-order valence-electron chi connectivity index (χ4n) is 8.97. The number of aromatic nitrogens is 4. The molecule has 1 unspecified atom stereocenters. The van der Waals surface area contributed by atoms with Crippen molar-refractivity contribution in [2.75, 3.05) is 0 Å². The van der Waals surface area contributed by atoms with Crippen LogP contribution in [0, 0.1) is 0 Å². The Kier molecular flexibility index (Phi) is 7.58. The highest BCUT2D eigenvalue weighted by molar-refractivity contribution is 6.10. The van der Waals surface area contributed by atoms with Crippen LogP contribution in [0.15, 0.2) is 200 Å². The Labute approximate surface area is 331 Å². The Morgan fingerprint density at radius 2 is 0.947 bits per heavy atom. The van der Waals surface area contributed by atoms with Crippen LogP contribution in [-0.2, 0) is 5.41 Å². The van der Waals surface area contributed by atoms with Gasteiger partial charge in [-0.15, -0.1) is 0 Å². The summed E-state index contributed by atoms with van der Waals surface area (Å²) in [5, 5.41) is 2.48. The number of hydrogen-bond donors (Lipinski definition) is 0. The molecule has 2 heterocycles. The largest absolute Gasteiger partial charge is 0.309 e. The van der Waals surface area contributed by atoms with E-state index < -0.39 is 5.41 Å². The molecule has 4 heteroatoms. The van der Waals surface area contributed by atoms with E-state index in [1.807, 2.05) is 36.4 Å². The Bertz CT molecular complexity index is 3060. The normalized spacial score (nSPS) is 14.5. The summed E-state index contributed by atoms with van der Waals surface area (Å²) in [4.78, 5) is 15.4. The molecule has 0 amide bonds. The molecule has 268 valence electrons. The van der Waals surface area contributed by atoms with E-state index in [-0.39, 0.29) is 0 Å². The van der Waals surface area contributed by atoms with Crippen molar-refractivity contribution in [3.8, 4) is 62.1 Å². The SMILES string of the molecule is CC1(c2ccccc2)c2cc(-c3ccc4c(c3)c3ccccc3n4-c3ccccc3)ccc2-c2c(-c3nc(-c4ccccc4)nc(-c4ccccc4)n3)cccc21. The summed E-state index contributed by atoms with van der Waals surface area (Å²) in [6.07, 6.45) is 0. The van der Waals surface area contributed by atoms with Crippen molar-refractivity contribution in [1.29, 1.82) is 0 Å². The zero-order chi connectivity index (χ0) is 37.9.